The number of thiazole rings is 1. The van der Waals surface area contributed by atoms with Crippen LogP contribution in [-0.2, 0) is 9.53 Å². The Morgan fingerprint density at radius 1 is 0.942 bits per heavy atom. The second kappa shape index (κ2) is 17.0. The molecule has 0 amide bonds. The minimum atomic E-state index is -8.00. The van der Waals surface area contributed by atoms with Gasteiger partial charge in [0.25, 0.3) is 0 Å². The molecule has 0 radical (unpaired) electrons. The van der Waals surface area contributed by atoms with E-state index in [1.807, 2.05) is 0 Å². The van der Waals surface area contributed by atoms with Crippen LogP contribution in [0.4, 0.5) is 82.4 Å². The number of nitrogens with two attached hydrogens (primary N) is 2. The monoisotopic (exact) mass is 840 g/mol. The summed E-state index contributed by atoms with van der Waals surface area (Å²) < 4.78 is 211. The van der Waals surface area contributed by atoms with E-state index in [1.165, 1.54) is 0 Å². The maximum absolute atomic E-state index is 14.7. The third-order valence-corrected chi connectivity index (χ3v) is 8.54. The van der Waals surface area contributed by atoms with E-state index in [4.69, 9.17) is 27.8 Å². The van der Waals surface area contributed by atoms with Gasteiger partial charge in [0.2, 0.25) is 6.17 Å². The molecule has 298 valence electrons. The number of aldehydes is 1. The van der Waals surface area contributed by atoms with E-state index in [2.05, 4.69) is 4.98 Å². The van der Waals surface area contributed by atoms with Gasteiger partial charge in [0.15, 0.2) is 22.7 Å². The number of halogens is 16. The van der Waals surface area contributed by atoms with Gasteiger partial charge in [-0.1, -0.05) is 32.2 Å². The number of aromatic nitrogens is 1. The lowest BCUT2D eigenvalue weighted by molar-refractivity contribution is -0.405. The third kappa shape index (κ3) is 10.2. The van der Waals surface area contributed by atoms with Crippen molar-refractivity contribution in [2.45, 2.75) is 80.0 Å². The number of nitrogen functional groups attached to an aromatic ring is 2. The van der Waals surface area contributed by atoms with Crippen LogP contribution in [0.1, 0.15) is 36.4 Å². The highest BCUT2D eigenvalue weighted by Gasteiger charge is 2.88. The fraction of sp³-hybridized carbons (Fsp3) is 0.593. The molecule has 0 saturated heterocycles. The molecule has 52 heavy (non-hydrogen) atoms. The van der Waals surface area contributed by atoms with E-state index >= 15 is 0 Å². The Labute approximate surface area is 296 Å². The molecule has 4 unspecified atom stereocenters. The van der Waals surface area contributed by atoms with Crippen LogP contribution >= 0.6 is 32.2 Å². The number of carbonyl (C=O) groups excluding carboxylic acids is 2. The van der Waals surface area contributed by atoms with Crippen molar-refractivity contribution in [2.24, 2.45) is 0 Å². The topological polar surface area (TPSA) is 112 Å². The van der Waals surface area contributed by atoms with Gasteiger partial charge in [-0.05, 0) is 44.5 Å². The number of hydrogen-bond donors (Lipinski definition) is 2. The van der Waals surface area contributed by atoms with Gasteiger partial charge in [0.05, 0.1) is 6.54 Å². The number of benzene rings is 1. The van der Waals surface area contributed by atoms with E-state index in [-0.39, 0.29) is 27.9 Å². The molecule has 4 N–H and O–H groups in total. The third-order valence-electron chi connectivity index (χ3n) is 6.96. The lowest BCUT2D eigenvalue weighted by Crippen LogP contribution is -2.70. The molecular formula is C27H29ClF15N4O3PS. The van der Waals surface area contributed by atoms with Gasteiger partial charge in [-0.25, -0.2) is 18.2 Å². The molecule has 7 nitrogen and oxygen atoms in total. The molecule has 2 aromatic rings. The summed E-state index contributed by atoms with van der Waals surface area (Å²) in [6.07, 6.45) is -13.3. The molecule has 2 rings (SSSR count). The lowest BCUT2D eigenvalue weighted by Gasteiger charge is -2.41. The van der Waals surface area contributed by atoms with Crippen molar-refractivity contribution < 1.29 is 80.2 Å². The van der Waals surface area contributed by atoms with Crippen molar-refractivity contribution in [2.75, 3.05) is 36.1 Å². The summed E-state index contributed by atoms with van der Waals surface area (Å²) >= 11 is 6.51. The van der Waals surface area contributed by atoms with E-state index < -0.39 is 78.7 Å². The van der Waals surface area contributed by atoms with E-state index in [9.17, 15) is 75.4 Å². The number of esters is 1. The van der Waals surface area contributed by atoms with Crippen LogP contribution in [0.25, 0.3) is 0 Å². The average molecular weight is 841 g/mol. The molecule has 1 aromatic carbocycles. The first kappa shape index (κ1) is 47.1. The van der Waals surface area contributed by atoms with Crippen LogP contribution in [0.2, 0.25) is 5.15 Å². The SMILES string of the molecule is CCN(CCOC(=O)CCC(C)(F)C(F)C(F)(F)C(F)C(F)(F)C(F)(F)C(F)(F)C(F)(F)C(F)(F)P)c1ccc(N)cc1.Nc1nc(Cl)c(C=O)s1. The zero-order valence-electron chi connectivity index (χ0n) is 26.4. The number of likely N-dealkylation sites (N-methyl/N-ethyl adjacent to an activating group) is 1. The maximum atomic E-state index is 14.7. The molecule has 0 bridgehead atoms. The fourth-order valence-electron chi connectivity index (χ4n) is 3.92. The molecule has 0 fully saturated rings. The lowest BCUT2D eigenvalue weighted by atomic mass is 9.86. The second-order valence-electron chi connectivity index (χ2n) is 10.9. The second-order valence-corrected chi connectivity index (χ2v) is 13.0. The highest BCUT2D eigenvalue weighted by atomic mass is 35.5. The van der Waals surface area contributed by atoms with Crippen LogP contribution in [0.5, 0.6) is 0 Å². The van der Waals surface area contributed by atoms with Crippen LogP contribution in [0.15, 0.2) is 24.3 Å². The minimum Gasteiger partial charge on any atom is -0.464 e. The average Bonchev–Trinajstić information content (AvgIpc) is 3.37. The normalized spacial score (nSPS) is 15.5. The Balaban J connectivity index is 0.00000130. The highest BCUT2D eigenvalue weighted by molar-refractivity contribution is 7.18. The number of hydrogen-bond acceptors (Lipinski definition) is 8. The van der Waals surface area contributed by atoms with E-state index in [0.29, 0.717) is 34.2 Å². The fourth-order valence-corrected chi connectivity index (χ4v) is 4.94. The summed E-state index contributed by atoms with van der Waals surface area (Å²) in [5, 5.41) is 0.509. The molecule has 1 heterocycles. The molecular weight excluding hydrogens is 812 g/mol. The van der Waals surface area contributed by atoms with Crippen molar-refractivity contribution in [3.05, 3.63) is 34.3 Å². The predicted octanol–water partition coefficient (Wildman–Crippen LogP) is 8.66. The molecule has 0 aliphatic heterocycles. The smallest absolute Gasteiger partial charge is 0.384 e. The van der Waals surface area contributed by atoms with Crippen LogP contribution in [-0.4, -0.2) is 90.2 Å². The Bertz CT molecular complexity index is 1500. The zero-order chi connectivity index (χ0) is 40.9. The number of ether oxygens (including phenoxy) is 1. The number of alkyl halides is 15. The number of rotatable bonds is 17. The van der Waals surface area contributed by atoms with Crippen LogP contribution in [0, 0.1) is 0 Å². The largest absolute Gasteiger partial charge is 0.464 e. The summed E-state index contributed by atoms with van der Waals surface area (Å²) in [4.78, 5) is 27.6. The van der Waals surface area contributed by atoms with Crippen molar-refractivity contribution in [3.8, 4) is 0 Å². The molecule has 4 atom stereocenters. The van der Waals surface area contributed by atoms with Crippen molar-refractivity contribution in [3.63, 3.8) is 0 Å². The van der Waals surface area contributed by atoms with Crippen molar-refractivity contribution >= 4 is 60.9 Å². The Morgan fingerprint density at radius 2 is 1.46 bits per heavy atom. The minimum absolute atomic E-state index is 0.0159. The summed E-state index contributed by atoms with van der Waals surface area (Å²) in [6, 6.07) is 6.33. The molecule has 1 aromatic heterocycles. The molecule has 25 heteroatoms. The molecule has 0 aliphatic carbocycles. The molecule has 0 aliphatic rings. The first-order valence-corrected chi connectivity index (χ1v) is 15.8. The maximum Gasteiger partial charge on any atom is 0.384 e. The number of nitrogens with zero attached hydrogens (tertiary/aromatic N) is 2. The molecule has 0 saturated carbocycles. The Hall–Kier alpha value is -2.94. The summed E-state index contributed by atoms with van der Waals surface area (Å²) in [7, 11) is -0.368. The first-order chi connectivity index (χ1) is 23.4. The van der Waals surface area contributed by atoms with E-state index in [0.717, 1.165) is 11.3 Å². The van der Waals surface area contributed by atoms with Crippen LogP contribution in [0.3, 0.4) is 0 Å². The quantitative estimate of drug-likeness (QED) is 0.0540. The van der Waals surface area contributed by atoms with Gasteiger partial charge in [0.1, 0.15) is 17.2 Å². The Kier molecular flexibility index (Phi) is 15.4. The standard InChI is InChI=1S/C23H26F15N2O2P.C4H3ClN2OS/c1-3-40(13-6-4-12(39)5-7-13)10-11-42-14(41)8-9-17(2,26)15(24)18(27,28)16(25)19(29,30)20(31,32)21(33,34)22(35,36)23(37,38)43;5-3-2(1-8)9-4(6)7-3/h4-7,15-16H,3,8-11,39,43H2,1-2H3;1H,(H2,6,7). The van der Waals surface area contributed by atoms with Crippen molar-refractivity contribution in [1.29, 1.82) is 0 Å². The van der Waals surface area contributed by atoms with Crippen molar-refractivity contribution in [1.82, 2.24) is 4.98 Å². The Morgan fingerprint density at radius 3 is 1.87 bits per heavy atom. The molecule has 0 spiro atoms. The number of anilines is 3. The number of carbonyl (C=O) groups is 2. The van der Waals surface area contributed by atoms with Gasteiger partial charge in [-0.15, -0.1) is 0 Å². The van der Waals surface area contributed by atoms with Gasteiger partial charge in [-0.2, -0.15) is 52.7 Å². The first-order valence-electron chi connectivity index (χ1n) is 14.0. The predicted molar refractivity (Wildman–Crippen MR) is 165 cm³/mol. The summed E-state index contributed by atoms with van der Waals surface area (Å²) in [5.41, 5.74) is 1.39. The summed E-state index contributed by atoms with van der Waals surface area (Å²) in [5.74, 6) is -39.0. The zero-order valence-corrected chi connectivity index (χ0v) is 29.1. The van der Waals surface area contributed by atoms with Crippen LogP contribution < -0.4 is 16.4 Å². The van der Waals surface area contributed by atoms with Gasteiger partial charge in [0, 0.05) is 24.3 Å². The summed E-state index contributed by atoms with van der Waals surface area (Å²) in [6.45, 7) is 1.54. The van der Waals surface area contributed by atoms with E-state index in [1.54, 1.807) is 36.1 Å². The van der Waals surface area contributed by atoms with Gasteiger partial charge < -0.3 is 21.1 Å². The highest BCUT2D eigenvalue weighted by Crippen LogP contribution is 2.60. The van der Waals surface area contributed by atoms with Gasteiger partial charge in [-0.3, -0.25) is 9.59 Å². The van der Waals surface area contributed by atoms with Gasteiger partial charge >= 0.3 is 41.2 Å².